The fraction of sp³-hybridized carbons (Fsp3) is 0.316. The first kappa shape index (κ1) is 23.7. The molecule has 0 aliphatic rings. The molecule has 0 radical (unpaired) electrons. The van der Waals surface area contributed by atoms with Crippen molar-refractivity contribution in [2.24, 2.45) is 0 Å². The van der Waals surface area contributed by atoms with E-state index >= 15 is 0 Å². The molecule has 0 heterocycles. The summed E-state index contributed by atoms with van der Waals surface area (Å²) in [4.78, 5) is 21.8. The Balaban J connectivity index is 0.00000326. The lowest BCUT2D eigenvalue weighted by atomic mass is 10.2. The van der Waals surface area contributed by atoms with Crippen molar-refractivity contribution in [2.45, 2.75) is 6.92 Å². The number of esters is 1. The van der Waals surface area contributed by atoms with Crippen LogP contribution in [0.15, 0.2) is 56.4 Å². The number of benzene rings is 1. The van der Waals surface area contributed by atoms with Gasteiger partial charge in [0, 0.05) is 6.07 Å². The second-order valence-electron chi connectivity index (χ2n) is 4.30. The molecule has 0 atom stereocenters. The zero-order chi connectivity index (χ0) is 20.3. The molecule has 1 aromatic carbocycles. The molecule has 1 aromatic rings. The second-order valence-corrected chi connectivity index (χ2v) is 4.30. The summed E-state index contributed by atoms with van der Waals surface area (Å²) in [5.41, 5.74) is 0.308. The third-order valence-corrected chi connectivity index (χ3v) is 2.59. The maximum atomic E-state index is 11.8. The monoisotopic (exact) mass is 382 g/mol. The van der Waals surface area contributed by atoms with Gasteiger partial charge in [0.2, 0.25) is 5.75 Å². The Morgan fingerprint density at radius 3 is 2.37 bits per heavy atom. The molecular weight excluding hydrogens is 356 g/mol. The van der Waals surface area contributed by atoms with Gasteiger partial charge in [-0.25, -0.2) is 4.79 Å². The molecule has 0 saturated carbocycles. The van der Waals surface area contributed by atoms with Crippen LogP contribution in [0.4, 0.5) is 0 Å². The van der Waals surface area contributed by atoms with Crippen LogP contribution in [0.3, 0.4) is 0 Å². The van der Waals surface area contributed by atoms with Crippen LogP contribution in [-0.4, -0.2) is 40.0 Å². The van der Waals surface area contributed by atoms with Gasteiger partial charge in [-0.15, -0.1) is 13.2 Å². The van der Waals surface area contributed by atoms with E-state index in [0.717, 1.165) is 0 Å². The smallest absolute Gasteiger partial charge is 0.338 e. The lowest BCUT2D eigenvalue weighted by molar-refractivity contribution is -0.152. The van der Waals surface area contributed by atoms with Crippen LogP contribution in [-0.2, 0) is 23.8 Å². The van der Waals surface area contributed by atoms with E-state index in [0.29, 0.717) is 17.9 Å². The van der Waals surface area contributed by atoms with Gasteiger partial charge in [0.15, 0.2) is 12.0 Å². The Morgan fingerprint density at radius 1 is 1.00 bits per heavy atom. The second kappa shape index (κ2) is 16.2. The van der Waals surface area contributed by atoms with Crippen LogP contribution < -0.4 is 9.62 Å². The Labute approximate surface area is 159 Å². The van der Waals surface area contributed by atoms with Gasteiger partial charge in [-0.3, -0.25) is 9.78 Å². The zero-order valence-corrected chi connectivity index (χ0v) is 15.8. The van der Waals surface area contributed by atoms with Gasteiger partial charge < -0.3 is 23.7 Å². The molecule has 0 N–H and O–H groups in total. The summed E-state index contributed by atoms with van der Waals surface area (Å²) in [6.45, 7) is 8.54. The predicted octanol–water partition coefficient (Wildman–Crippen LogP) is 3.61. The Morgan fingerprint density at radius 2 is 1.70 bits per heavy atom. The number of methoxy groups -OCH3 is 2. The maximum Gasteiger partial charge on any atom is 0.338 e. The number of ether oxygens (including phenoxy) is 5. The van der Waals surface area contributed by atoms with Crippen molar-refractivity contribution >= 4 is 5.97 Å². The number of carbonyl (C=O) groups is 1. The molecule has 0 saturated heterocycles. The van der Waals surface area contributed by atoms with Crippen LogP contribution in [0, 0.1) is 0 Å². The minimum Gasteiger partial charge on any atom is -0.501 e. The first-order valence-corrected chi connectivity index (χ1v) is 7.97. The van der Waals surface area contributed by atoms with E-state index < -0.39 is 5.97 Å². The topological polar surface area (TPSA) is 81.7 Å². The molecule has 8 heteroatoms. The summed E-state index contributed by atoms with van der Waals surface area (Å²) in [7, 11) is 2.98. The lowest BCUT2D eigenvalue weighted by Gasteiger charge is -2.12. The van der Waals surface area contributed by atoms with Gasteiger partial charge in [-0.2, -0.15) is 0 Å². The van der Waals surface area contributed by atoms with Crippen molar-refractivity contribution in [3.8, 4) is 11.5 Å². The summed E-state index contributed by atoms with van der Waals surface area (Å²) in [6, 6.07) is 4.60. The zero-order valence-electron chi connectivity index (χ0n) is 15.8. The average Bonchev–Trinajstić information content (AvgIpc) is 2.70. The highest BCUT2D eigenvalue weighted by Crippen LogP contribution is 2.29. The van der Waals surface area contributed by atoms with Crippen molar-refractivity contribution in [2.75, 3.05) is 34.0 Å². The molecule has 0 aromatic heterocycles. The van der Waals surface area contributed by atoms with Gasteiger partial charge in [-0.05, 0) is 19.1 Å². The standard InChI is InChI=1S/C17H22O8.C2H4/c1-4-22-17(18)14-5-6-15(23-11-10-21-9-7-19-2)16(13-14)25-24-12-8-20-3;1-2/h5-9,12-13H,4,10-11H2,1-3H3;1-2H2/b9-7-,12-8-;. The molecule has 0 bridgehead atoms. The summed E-state index contributed by atoms with van der Waals surface area (Å²) in [5, 5.41) is 0. The van der Waals surface area contributed by atoms with Gasteiger partial charge in [-0.1, -0.05) is 0 Å². The fourth-order valence-electron chi connectivity index (χ4n) is 1.55. The molecular formula is C19H26O8. The molecule has 8 nitrogen and oxygen atoms in total. The third kappa shape index (κ3) is 10.3. The summed E-state index contributed by atoms with van der Waals surface area (Å²) in [6.07, 6.45) is 5.28. The molecule has 27 heavy (non-hydrogen) atoms. The third-order valence-electron chi connectivity index (χ3n) is 2.59. The molecule has 0 aliphatic heterocycles. The number of rotatable bonds is 12. The minimum absolute atomic E-state index is 0.207. The molecule has 0 spiro atoms. The number of hydrogen-bond acceptors (Lipinski definition) is 8. The van der Waals surface area contributed by atoms with E-state index in [9.17, 15) is 4.79 Å². The predicted molar refractivity (Wildman–Crippen MR) is 99.1 cm³/mol. The Bertz CT molecular complexity index is 583. The van der Waals surface area contributed by atoms with Crippen LogP contribution in [0.5, 0.6) is 11.5 Å². The first-order chi connectivity index (χ1) is 13.2. The maximum absolute atomic E-state index is 11.8. The van der Waals surface area contributed by atoms with Crippen LogP contribution in [0.2, 0.25) is 0 Å². The SMILES string of the molecule is C=C.CCOC(=O)c1ccc(OCCO/C=C\OC)c(OO/C=C\OC)c1. The van der Waals surface area contributed by atoms with Crippen LogP contribution >= 0.6 is 0 Å². The molecule has 0 unspecified atom stereocenters. The molecule has 0 aliphatic carbocycles. The van der Waals surface area contributed by atoms with Gasteiger partial charge in [0.05, 0.1) is 26.4 Å². The van der Waals surface area contributed by atoms with E-state index in [1.165, 1.54) is 45.3 Å². The molecule has 0 amide bonds. The Hall–Kier alpha value is -3.29. The van der Waals surface area contributed by atoms with Gasteiger partial charge in [0.1, 0.15) is 32.0 Å². The fourth-order valence-corrected chi connectivity index (χ4v) is 1.55. The lowest BCUT2D eigenvalue weighted by Crippen LogP contribution is -2.08. The van der Waals surface area contributed by atoms with Crippen molar-refractivity contribution < 1.29 is 38.3 Å². The van der Waals surface area contributed by atoms with E-state index in [-0.39, 0.29) is 19.0 Å². The highest BCUT2D eigenvalue weighted by atomic mass is 17.2. The van der Waals surface area contributed by atoms with E-state index in [1.54, 1.807) is 19.1 Å². The molecule has 150 valence electrons. The van der Waals surface area contributed by atoms with Crippen molar-refractivity contribution in [1.82, 2.24) is 0 Å². The van der Waals surface area contributed by atoms with Crippen LogP contribution in [0.1, 0.15) is 17.3 Å². The number of hydrogen-bond donors (Lipinski definition) is 0. The van der Waals surface area contributed by atoms with E-state index in [4.69, 9.17) is 33.5 Å². The minimum atomic E-state index is -0.473. The van der Waals surface area contributed by atoms with Crippen molar-refractivity contribution in [3.63, 3.8) is 0 Å². The first-order valence-electron chi connectivity index (χ1n) is 7.97. The van der Waals surface area contributed by atoms with Crippen molar-refractivity contribution in [3.05, 3.63) is 62.0 Å². The highest BCUT2D eigenvalue weighted by molar-refractivity contribution is 5.90. The van der Waals surface area contributed by atoms with Crippen molar-refractivity contribution in [1.29, 1.82) is 0 Å². The highest BCUT2D eigenvalue weighted by Gasteiger charge is 2.13. The average molecular weight is 382 g/mol. The normalized spacial score (nSPS) is 9.89. The van der Waals surface area contributed by atoms with Crippen LogP contribution in [0.25, 0.3) is 0 Å². The number of carbonyl (C=O) groups excluding carboxylic acids is 1. The quantitative estimate of drug-likeness (QED) is 0.135. The van der Waals surface area contributed by atoms with E-state index in [2.05, 4.69) is 13.2 Å². The summed E-state index contributed by atoms with van der Waals surface area (Å²) >= 11 is 0. The largest absolute Gasteiger partial charge is 0.501 e. The summed E-state index contributed by atoms with van der Waals surface area (Å²) in [5.74, 6) is 0.108. The Kier molecular flexibility index (Phi) is 14.2. The van der Waals surface area contributed by atoms with E-state index in [1.807, 2.05) is 0 Å². The summed E-state index contributed by atoms with van der Waals surface area (Å²) < 4.78 is 25.0. The molecule has 1 rings (SSSR count). The van der Waals surface area contributed by atoms with Gasteiger partial charge >= 0.3 is 5.97 Å². The van der Waals surface area contributed by atoms with Gasteiger partial charge in [0.25, 0.3) is 0 Å². The molecule has 0 fully saturated rings.